The molecule has 1 aliphatic rings. The van der Waals surface area contributed by atoms with E-state index in [1.165, 1.54) is 5.56 Å². The molecule has 6 heteroatoms. The number of aromatic nitrogens is 1. The van der Waals surface area contributed by atoms with Gasteiger partial charge in [-0.1, -0.05) is 26.0 Å². The highest BCUT2D eigenvalue weighted by Crippen LogP contribution is 2.20. The summed E-state index contributed by atoms with van der Waals surface area (Å²) in [6, 6.07) is 11.8. The fraction of sp³-hybridized carbons (Fsp3) is 0.429. The largest absolute Gasteiger partial charge is 0.379 e. The predicted octanol–water partition coefficient (Wildman–Crippen LogP) is 3.01. The van der Waals surface area contributed by atoms with Gasteiger partial charge in [0.25, 0.3) is 5.91 Å². The lowest BCUT2D eigenvalue weighted by Gasteiger charge is -2.26. The summed E-state index contributed by atoms with van der Waals surface area (Å²) in [5.74, 6) is 1.08. The second-order valence-corrected chi connectivity index (χ2v) is 7.04. The van der Waals surface area contributed by atoms with Crippen molar-refractivity contribution in [2.75, 3.05) is 44.7 Å². The van der Waals surface area contributed by atoms with Crippen LogP contribution in [0.1, 0.15) is 35.7 Å². The Bertz CT molecular complexity index is 740. The fourth-order valence-corrected chi connectivity index (χ4v) is 2.99. The first-order valence-electron chi connectivity index (χ1n) is 9.53. The maximum absolute atomic E-state index is 12.4. The Labute approximate surface area is 160 Å². The summed E-state index contributed by atoms with van der Waals surface area (Å²) in [7, 11) is 0. The average Bonchev–Trinajstić information content (AvgIpc) is 2.69. The van der Waals surface area contributed by atoms with Gasteiger partial charge >= 0.3 is 0 Å². The van der Waals surface area contributed by atoms with E-state index in [0.29, 0.717) is 23.8 Å². The van der Waals surface area contributed by atoms with Gasteiger partial charge in [0.1, 0.15) is 5.82 Å². The van der Waals surface area contributed by atoms with Gasteiger partial charge in [-0.05, 0) is 35.7 Å². The van der Waals surface area contributed by atoms with Crippen molar-refractivity contribution >= 4 is 17.4 Å². The van der Waals surface area contributed by atoms with Gasteiger partial charge in [0.05, 0.1) is 13.2 Å². The third kappa shape index (κ3) is 5.77. The van der Waals surface area contributed by atoms with Crippen molar-refractivity contribution < 1.29 is 9.53 Å². The second-order valence-electron chi connectivity index (χ2n) is 7.04. The summed E-state index contributed by atoms with van der Waals surface area (Å²) in [6.45, 7) is 9.20. The molecule has 0 radical (unpaired) electrons. The molecule has 2 aromatic rings. The third-order valence-electron chi connectivity index (χ3n) is 4.69. The highest BCUT2D eigenvalue weighted by atomic mass is 16.5. The number of hydrogen-bond acceptors (Lipinski definition) is 5. The Morgan fingerprint density at radius 3 is 2.63 bits per heavy atom. The Morgan fingerprint density at radius 1 is 1.19 bits per heavy atom. The van der Waals surface area contributed by atoms with Crippen molar-refractivity contribution in [1.82, 2.24) is 15.2 Å². The van der Waals surface area contributed by atoms with Crippen LogP contribution in [0.3, 0.4) is 0 Å². The van der Waals surface area contributed by atoms with Crippen LogP contribution in [0.2, 0.25) is 0 Å². The van der Waals surface area contributed by atoms with Crippen molar-refractivity contribution in [3.8, 4) is 0 Å². The van der Waals surface area contributed by atoms with Crippen molar-refractivity contribution in [1.29, 1.82) is 0 Å². The molecule has 2 heterocycles. The number of carbonyl (C=O) groups is 1. The van der Waals surface area contributed by atoms with Crippen LogP contribution in [-0.4, -0.2) is 55.2 Å². The maximum Gasteiger partial charge on any atom is 0.251 e. The Kier molecular flexibility index (Phi) is 6.79. The quantitative estimate of drug-likeness (QED) is 0.786. The highest BCUT2D eigenvalue weighted by molar-refractivity contribution is 5.94. The summed E-state index contributed by atoms with van der Waals surface area (Å²) < 4.78 is 5.33. The molecule has 27 heavy (non-hydrogen) atoms. The van der Waals surface area contributed by atoms with Gasteiger partial charge in [-0.15, -0.1) is 0 Å². The molecular weight excluding hydrogens is 340 g/mol. The van der Waals surface area contributed by atoms with E-state index in [-0.39, 0.29) is 5.91 Å². The predicted molar refractivity (Wildman–Crippen MR) is 108 cm³/mol. The Balaban J connectivity index is 1.53. The van der Waals surface area contributed by atoms with E-state index in [1.54, 1.807) is 18.3 Å². The number of morpholine rings is 1. The summed E-state index contributed by atoms with van der Waals surface area (Å²) >= 11 is 0. The van der Waals surface area contributed by atoms with Gasteiger partial charge in [-0.25, -0.2) is 4.98 Å². The fourth-order valence-electron chi connectivity index (χ4n) is 2.99. The number of nitrogens with one attached hydrogen (secondary N) is 2. The topological polar surface area (TPSA) is 66.5 Å². The first-order valence-corrected chi connectivity index (χ1v) is 9.53. The lowest BCUT2D eigenvalue weighted by molar-refractivity contribution is 0.0383. The van der Waals surface area contributed by atoms with Gasteiger partial charge < -0.3 is 15.4 Å². The molecule has 1 aromatic heterocycles. The van der Waals surface area contributed by atoms with E-state index >= 15 is 0 Å². The van der Waals surface area contributed by atoms with Gasteiger partial charge in [0, 0.05) is 43.6 Å². The molecule has 2 N–H and O–H groups in total. The molecule has 1 aromatic carbocycles. The van der Waals surface area contributed by atoms with Crippen molar-refractivity contribution in [3.63, 3.8) is 0 Å². The molecule has 144 valence electrons. The molecule has 1 amide bonds. The molecular formula is C21H28N4O2. The number of amides is 1. The minimum Gasteiger partial charge on any atom is -0.379 e. The second kappa shape index (κ2) is 9.48. The molecule has 1 aliphatic heterocycles. The number of anilines is 2. The number of benzene rings is 1. The van der Waals surface area contributed by atoms with Crippen LogP contribution in [0.25, 0.3) is 0 Å². The molecule has 0 bridgehead atoms. The van der Waals surface area contributed by atoms with Gasteiger partial charge in [0.15, 0.2) is 0 Å². The van der Waals surface area contributed by atoms with E-state index in [4.69, 9.17) is 4.74 Å². The Hall–Kier alpha value is -2.44. The molecule has 6 nitrogen and oxygen atoms in total. The molecule has 1 saturated heterocycles. The highest BCUT2D eigenvalue weighted by Gasteiger charge is 2.11. The van der Waals surface area contributed by atoms with Crippen molar-refractivity contribution in [2.45, 2.75) is 19.8 Å². The summed E-state index contributed by atoms with van der Waals surface area (Å²) in [4.78, 5) is 19.0. The smallest absolute Gasteiger partial charge is 0.251 e. The summed E-state index contributed by atoms with van der Waals surface area (Å²) in [5, 5.41) is 6.24. The standard InChI is InChI=1S/C21H28N4O2/c1-16(2)17-3-5-19(6-4-17)24-20-15-18(7-8-22-20)21(26)23-9-10-25-11-13-27-14-12-25/h3-8,15-16H,9-14H2,1-2H3,(H,22,24)(H,23,26). The van der Waals surface area contributed by atoms with E-state index < -0.39 is 0 Å². The number of pyridine rings is 1. The molecule has 0 aliphatic carbocycles. The van der Waals surface area contributed by atoms with Gasteiger partial charge in [0.2, 0.25) is 0 Å². The molecule has 1 fully saturated rings. The number of ether oxygens (including phenoxy) is 1. The van der Waals surface area contributed by atoms with Crippen molar-refractivity contribution in [3.05, 3.63) is 53.7 Å². The van der Waals surface area contributed by atoms with Crippen LogP contribution in [0.15, 0.2) is 42.6 Å². The van der Waals surface area contributed by atoms with Crippen LogP contribution >= 0.6 is 0 Å². The zero-order valence-electron chi connectivity index (χ0n) is 16.1. The number of carbonyl (C=O) groups excluding carboxylic acids is 1. The lowest BCUT2D eigenvalue weighted by Crippen LogP contribution is -2.41. The van der Waals surface area contributed by atoms with Crippen LogP contribution < -0.4 is 10.6 Å². The summed E-state index contributed by atoms with van der Waals surface area (Å²) in [5.41, 5.74) is 2.85. The summed E-state index contributed by atoms with van der Waals surface area (Å²) in [6.07, 6.45) is 1.65. The van der Waals surface area contributed by atoms with Crippen LogP contribution in [0, 0.1) is 0 Å². The molecule has 0 atom stereocenters. The number of rotatable bonds is 7. The average molecular weight is 368 g/mol. The molecule has 3 rings (SSSR count). The number of hydrogen-bond donors (Lipinski definition) is 2. The van der Waals surface area contributed by atoms with Gasteiger partial charge in [-0.2, -0.15) is 0 Å². The molecule has 0 spiro atoms. The van der Waals surface area contributed by atoms with Crippen LogP contribution in [0.5, 0.6) is 0 Å². The number of nitrogens with zero attached hydrogens (tertiary/aromatic N) is 2. The van der Waals surface area contributed by atoms with E-state index in [2.05, 4.69) is 46.5 Å². The first kappa shape index (κ1) is 19.3. The zero-order chi connectivity index (χ0) is 19.1. The first-order chi connectivity index (χ1) is 13.1. The van der Waals surface area contributed by atoms with Crippen LogP contribution in [-0.2, 0) is 4.74 Å². The minimum absolute atomic E-state index is 0.0798. The van der Waals surface area contributed by atoms with E-state index in [9.17, 15) is 4.79 Å². The van der Waals surface area contributed by atoms with Gasteiger partial charge in [-0.3, -0.25) is 9.69 Å². The SMILES string of the molecule is CC(C)c1ccc(Nc2cc(C(=O)NCCN3CCOCC3)ccn2)cc1. The lowest BCUT2D eigenvalue weighted by atomic mass is 10.0. The zero-order valence-corrected chi connectivity index (χ0v) is 16.1. The maximum atomic E-state index is 12.4. The van der Waals surface area contributed by atoms with E-state index in [0.717, 1.165) is 38.5 Å². The minimum atomic E-state index is -0.0798. The monoisotopic (exact) mass is 368 g/mol. The Morgan fingerprint density at radius 2 is 1.93 bits per heavy atom. The normalized spacial score (nSPS) is 14.9. The third-order valence-corrected chi connectivity index (χ3v) is 4.69. The molecule has 0 saturated carbocycles. The van der Waals surface area contributed by atoms with E-state index in [1.807, 2.05) is 12.1 Å². The molecule has 0 unspecified atom stereocenters. The van der Waals surface area contributed by atoms with Crippen molar-refractivity contribution in [2.24, 2.45) is 0 Å². The van der Waals surface area contributed by atoms with Crippen LogP contribution in [0.4, 0.5) is 11.5 Å².